The molecular weight excluding hydrogens is 218 g/mol. The molecule has 0 saturated heterocycles. The molecule has 5 nitrogen and oxygen atoms in total. The molecule has 0 aliphatic rings. The Morgan fingerprint density at radius 2 is 2.24 bits per heavy atom. The molecule has 0 saturated carbocycles. The van der Waals surface area contributed by atoms with E-state index < -0.39 is 0 Å². The van der Waals surface area contributed by atoms with E-state index in [4.69, 9.17) is 5.11 Å². The van der Waals surface area contributed by atoms with E-state index in [1.807, 2.05) is 18.7 Å². The molecule has 0 radical (unpaired) electrons. The van der Waals surface area contributed by atoms with Crippen LogP contribution in [-0.2, 0) is 6.54 Å². The van der Waals surface area contributed by atoms with E-state index >= 15 is 0 Å². The van der Waals surface area contributed by atoms with Gasteiger partial charge in [0.15, 0.2) is 5.82 Å². The molecule has 5 heteroatoms. The van der Waals surface area contributed by atoms with Crippen LogP contribution in [0.2, 0.25) is 0 Å². The Morgan fingerprint density at radius 1 is 1.47 bits per heavy atom. The third-order valence-corrected chi connectivity index (χ3v) is 2.63. The van der Waals surface area contributed by atoms with Gasteiger partial charge < -0.3 is 14.6 Å². The fourth-order valence-corrected chi connectivity index (χ4v) is 1.75. The number of aromatic nitrogens is 2. The Labute approximate surface area is 102 Å². The Hall–Kier alpha value is -1.36. The van der Waals surface area contributed by atoms with Gasteiger partial charge in [0, 0.05) is 38.6 Å². The van der Waals surface area contributed by atoms with Crippen molar-refractivity contribution >= 4 is 5.82 Å². The van der Waals surface area contributed by atoms with Gasteiger partial charge in [0.25, 0.3) is 5.56 Å². The highest BCUT2D eigenvalue weighted by Crippen LogP contribution is 2.04. The maximum Gasteiger partial charge on any atom is 0.293 e. The van der Waals surface area contributed by atoms with E-state index in [1.165, 1.54) is 0 Å². The Balaban J connectivity index is 2.94. The highest BCUT2D eigenvalue weighted by molar-refractivity contribution is 5.35. The van der Waals surface area contributed by atoms with Crippen molar-refractivity contribution in [3.05, 3.63) is 22.7 Å². The fraction of sp³-hybridized carbons (Fsp3) is 0.667. The average molecular weight is 239 g/mol. The van der Waals surface area contributed by atoms with Crippen LogP contribution in [0.25, 0.3) is 0 Å². The lowest BCUT2D eigenvalue weighted by atomic mass is 10.3. The summed E-state index contributed by atoms with van der Waals surface area (Å²) in [6.45, 7) is 6.24. The Bertz CT molecular complexity index is 390. The van der Waals surface area contributed by atoms with Gasteiger partial charge in [-0.3, -0.25) is 4.79 Å². The summed E-state index contributed by atoms with van der Waals surface area (Å²) in [7, 11) is 0. The van der Waals surface area contributed by atoms with Crippen molar-refractivity contribution in [2.45, 2.75) is 33.2 Å². The minimum atomic E-state index is -0.0471. The van der Waals surface area contributed by atoms with Gasteiger partial charge >= 0.3 is 0 Å². The summed E-state index contributed by atoms with van der Waals surface area (Å²) >= 11 is 0. The number of nitrogens with zero attached hydrogens (tertiary/aromatic N) is 3. The molecule has 0 bridgehead atoms. The van der Waals surface area contributed by atoms with Gasteiger partial charge in [-0.2, -0.15) is 0 Å². The van der Waals surface area contributed by atoms with Crippen LogP contribution in [0.5, 0.6) is 0 Å². The van der Waals surface area contributed by atoms with E-state index in [9.17, 15) is 4.79 Å². The second-order valence-corrected chi connectivity index (χ2v) is 3.91. The lowest BCUT2D eigenvalue weighted by Crippen LogP contribution is -2.34. The third-order valence-electron chi connectivity index (χ3n) is 2.63. The van der Waals surface area contributed by atoms with Crippen LogP contribution in [0.1, 0.15) is 26.7 Å². The normalized spacial score (nSPS) is 10.5. The quantitative estimate of drug-likeness (QED) is 0.767. The minimum Gasteiger partial charge on any atom is -0.396 e. The van der Waals surface area contributed by atoms with Crippen LogP contribution in [0.4, 0.5) is 5.82 Å². The molecule has 0 atom stereocenters. The van der Waals surface area contributed by atoms with Crippen LogP contribution in [0.3, 0.4) is 0 Å². The highest BCUT2D eigenvalue weighted by Gasteiger charge is 2.11. The predicted molar refractivity (Wildman–Crippen MR) is 68.4 cm³/mol. The van der Waals surface area contributed by atoms with Gasteiger partial charge in [-0.05, 0) is 19.8 Å². The highest BCUT2D eigenvalue weighted by atomic mass is 16.3. The first kappa shape index (κ1) is 13.7. The van der Waals surface area contributed by atoms with Crippen LogP contribution in [-0.4, -0.2) is 34.4 Å². The topological polar surface area (TPSA) is 58.4 Å². The molecule has 0 spiro atoms. The van der Waals surface area contributed by atoms with Gasteiger partial charge in [-0.15, -0.1) is 0 Å². The van der Waals surface area contributed by atoms with Crippen LogP contribution in [0, 0.1) is 0 Å². The second-order valence-electron chi connectivity index (χ2n) is 3.91. The molecule has 1 aromatic rings. The molecule has 17 heavy (non-hydrogen) atoms. The zero-order valence-corrected chi connectivity index (χ0v) is 10.6. The molecule has 0 aliphatic heterocycles. The minimum absolute atomic E-state index is 0.0471. The SMILES string of the molecule is CCCn1ccnc(N(CC)CCCO)c1=O. The summed E-state index contributed by atoms with van der Waals surface area (Å²) < 4.78 is 1.68. The lowest BCUT2D eigenvalue weighted by molar-refractivity contribution is 0.289. The van der Waals surface area contributed by atoms with Crippen LogP contribution >= 0.6 is 0 Å². The smallest absolute Gasteiger partial charge is 0.293 e. The Morgan fingerprint density at radius 3 is 2.82 bits per heavy atom. The first-order chi connectivity index (χ1) is 8.24. The van der Waals surface area contributed by atoms with Crippen molar-refractivity contribution in [2.24, 2.45) is 0 Å². The molecule has 0 aromatic carbocycles. The number of anilines is 1. The van der Waals surface area contributed by atoms with Crippen molar-refractivity contribution in [1.29, 1.82) is 0 Å². The molecule has 0 aliphatic carbocycles. The van der Waals surface area contributed by atoms with E-state index in [2.05, 4.69) is 4.98 Å². The molecular formula is C12H21N3O2. The summed E-state index contributed by atoms with van der Waals surface area (Å²) in [6, 6.07) is 0. The molecule has 0 fully saturated rings. The number of aliphatic hydroxyl groups excluding tert-OH is 1. The third kappa shape index (κ3) is 3.56. The first-order valence-electron chi connectivity index (χ1n) is 6.15. The molecule has 1 rings (SSSR count). The number of aliphatic hydroxyl groups is 1. The largest absolute Gasteiger partial charge is 0.396 e. The summed E-state index contributed by atoms with van der Waals surface area (Å²) in [4.78, 5) is 18.2. The van der Waals surface area contributed by atoms with E-state index in [1.54, 1.807) is 17.0 Å². The molecule has 0 amide bonds. The van der Waals surface area contributed by atoms with Gasteiger partial charge in [0.2, 0.25) is 0 Å². The molecule has 1 aromatic heterocycles. The van der Waals surface area contributed by atoms with E-state index in [-0.39, 0.29) is 12.2 Å². The monoisotopic (exact) mass is 239 g/mol. The van der Waals surface area contributed by atoms with Gasteiger partial charge in [-0.1, -0.05) is 6.92 Å². The van der Waals surface area contributed by atoms with Crippen LogP contribution in [0.15, 0.2) is 17.2 Å². The summed E-state index contributed by atoms with van der Waals surface area (Å²) in [6.07, 6.45) is 4.95. The maximum atomic E-state index is 12.1. The van der Waals surface area contributed by atoms with Crippen molar-refractivity contribution in [2.75, 3.05) is 24.6 Å². The number of hydrogen-bond acceptors (Lipinski definition) is 4. The first-order valence-corrected chi connectivity index (χ1v) is 6.15. The van der Waals surface area contributed by atoms with Gasteiger partial charge in [0.1, 0.15) is 0 Å². The average Bonchev–Trinajstić information content (AvgIpc) is 2.34. The van der Waals surface area contributed by atoms with E-state index in [0.717, 1.165) is 13.0 Å². The predicted octanol–water partition coefficient (Wildman–Crippen LogP) is 0.862. The Kier molecular flexibility index (Phi) is 5.69. The van der Waals surface area contributed by atoms with Crippen molar-refractivity contribution < 1.29 is 5.11 Å². The standard InChI is InChI=1S/C12H21N3O2/c1-3-7-15-9-6-13-11(12(15)17)14(4-2)8-5-10-16/h6,9,16H,3-5,7-8,10H2,1-2H3. The number of rotatable bonds is 7. The lowest BCUT2D eigenvalue weighted by Gasteiger charge is -2.21. The molecule has 1 heterocycles. The van der Waals surface area contributed by atoms with Crippen molar-refractivity contribution in [3.63, 3.8) is 0 Å². The van der Waals surface area contributed by atoms with E-state index in [0.29, 0.717) is 25.3 Å². The van der Waals surface area contributed by atoms with Crippen molar-refractivity contribution in [1.82, 2.24) is 9.55 Å². The molecule has 96 valence electrons. The second kappa shape index (κ2) is 7.06. The number of hydrogen-bond donors (Lipinski definition) is 1. The zero-order chi connectivity index (χ0) is 12.7. The number of aryl methyl sites for hydroxylation is 1. The zero-order valence-electron chi connectivity index (χ0n) is 10.6. The fourth-order valence-electron chi connectivity index (χ4n) is 1.75. The molecule has 0 unspecified atom stereocenters. The maximum absolute atomic E-state index is 12.1. The van der Waals surface area contributed by atoms with Gasteiger partial charge in [0.05, 0.1) is 0 Å². The summed E-state index contributed by atoms with van der Waals surface area (Å²) in [5.41, 5.74) is -0.0471. The van der Waals surface area contributed by atoms with Crippen LogP contribution < -0.4 is 10.5 Å². The summed E-state index contributed by atoms with van der Waals surface area (Å²) in [5.74, 6) is 0.483. The van der Waals surface area contributed by atoms with Crippen molar-refractivity contribution in [3.8, 4) is 0 Å². The van der Waals surface area contributed by atoms with Gasteiger partial charge in [-0.25, -0.2) is 4.98 Å². The molecule has 1 N–H and O–H groups in total. The summed E-state index contributed by atoms with van der Waals surface area (Å²) in [5, 5.41) is 8.84.